The third-order valence-corrected chi connectivity index (χ3v) is 6.58. The standard InChI is InChI=1S/C25H34N4O/c1-21(23-10-4-2-5-11-23)29-14-8-9-22(20-29)19-27-15-17-28(18-16-27)25(30)26-24-12-6-3-7-13-24/h2-7,10-13,21-22H,8-9,14-20H2,1H3,(H,26,30). The molecule has 0 aromatic heterocycles. The van der Waals surface area contributed by atoms with Gasteiger partial charge in [-0.1, -0.05) is 48.5 Å². The summed E-state index contributed by atoms with van der Waals surface area (Å²) in [6.45, 7) is 9.38. The van der Waals surface area contributed by atoms with Crippen molar-refractivity contribution in [3.05, 3.63) is 66.2 Å². The van der Waals surface area contributed by atoms with Crippen LogP contribution in [-0.2, 0) is 0 Å². The summed E-state index contributed by atoms with van der Waals surface area (Å²) in [5.74, 6) is 0.717. The van der Waals surface area contributed by atoms with Crippen LogP contribution in [0.5, 0.6) is 0 Å². The molecule has 0 saturated carbocycles. The van der Waals surface area contributed by atoms with Crippen molar-refractivity contribution in [3.63, 3.8) is 0 Å². The number of amides is 2. The summed E-state index contributed by atoms with van der Waals surface area (Å²) >= 11 is 0. The predicted octanol–water partition coefficient (Wildman–Crippen LogP) is 4.31. The van der Waals surface area contributed by atoms with Crippen molar-refractivity contribution < 1.29 is 4.79 Å². The van der Waals surface area contributed by atoms with Gasteiger partial charge in [0.2, 0.25) is 0 Å². The van der Waals surface area contributed by atoms with Gasteiger partial charge in [0.15, 0.2) is 0 Å². The number of hydrogen-bond acceptors (Lipinski definition) is 3. The number of rotatable bonds is 5. The molecule has 0 aliphatic carbocycles. The van der Waals surface area contributed by atoms with Crippen LogP contribution < -0.4 is 5.32 Å². The number of carbonyl (C=O) groups is 1. The maximum atomic E-state index is 12.5. The maximum absolute atomic E-state index is 12.5. The van der Waals surface area contributed by atoms with Gasteiger partial charge in [-0.15, -0.1) is 0 Å². The van der Waals surface area contributed by atoms with Crippen molar-refractivity contribution in [1.82, 2.24) is 14.7 Å². The molecule has 2 fully saturated rings. The number of hydrogen-bond donors (Lipinski definition) is 1. The van der Waals surface area contributed by atoms with Crippen molar-refractivity contribution in [2.45, 2.75) is 25.8 Å². The molecule has 5 nitrogen and oxygen atoms in total. The van der Waals surface area contributed by atoms with Gasteiger partial charge >= 0.3 is 6.03 Å². The van der Waals surface area contributed by atoms with E-state index in [-0.39, 0.29) is 6.03 Å². The van der Waals surface area contributed by atoms with Crippen molar-refractivity contribution in [3.8, 4) is 0 Å². The fraction of sp³-hybridized carbons (Fsp3) is 0.480. The SMILES string of the molecule is CC(c1ccccc1)N1CCCC(CN2CCN(C(=O)Nc3ccccc3)CC2)C1. The van der Waals surface area contributed by atoms with Gasteiger partial charge in [-0.2, -0.15) is 0 Å². The van der Waals surface area contributed by atoms with E-state index in [0.717, 1.165) is 44.3 Å². The van der Waals surface area contributed by atoms with Gasteiger partial charge in [0, 0.05) is 51.0 Å². The van der Waals surface area contributed by atoms with Crippen molar-refractivity contribution >= 4 is 11.7 Å². The first-order chi connectivity index (χ1) is 14.7. The number of anilines is 1. The third-order valence-electron chi connectivity index (χ3n) is 6.58. The average Bonchev–Trinajstić information content (AvgIpc) is 2.80. The predicted molar refractivity (Wildman–Crippen MR) is 123 cm³/mol. The molecule has 1 N–H and O–H groups in total. The zero-order valence-electron chi connectivity index (χ0n) is 18.0. The number of likely N-dealkylation sites (tertiary alicyclic amines) is 1. The van der Waals surface area contributed by atoms with Crippen molar-refractivity contribution in [1.29, 1.82) is 0 Å². The highest BCUT2D eigenvalue weighted by atomic mass is 16.2. The lowest BCUT2D eigenvalue weighted by molar-refractivity contribution is 0.0848. The Kier molecular flexibility index (Phi) is 7.03. The summed E-state index contributed by atoms with van der Waals surface area (Å²) in [6, 6.07) is 21.1. The summed E-state index contributed by atoms with van der Waals surface area (Å²) in [7, 11) is 0. The van der Waals surface area contributed by atoms with E-state index in [4.69, 9.17) is 0 Å². The van der Waals surface area contributed by atoms with Crippen molar-refractivity contribution in [2.75, 3.05) is 51.1 Å². The second-order valence-corrected chi connectivity index (χ2v) is 8.67. The molecule has 2 atom stereocenters. The van der Waals surface area contributed by atoms with E-state index < -0.39 is 0 Å². The number of carbonyl (C=O) groups excluding carboxylic acids is 1. The van der Waals surface area contributed by atoms with Crippen LogP contribution in [0.4, 0.5) is 10.5 Å². The Morgan fingerprint density at radius 2 is 1.63 bits per heavy atom. The third kappa shape index (κ3) is 5.41. The number of urea groups is 1. The molecule has 2 unspecified atom stereocenters. The zero-order chi connectivity index (χ0) is 20.8. The highest BCUT2D eigenvalue weighted by Crippen LogP contribution is 2.27. The number of nitrogens with zero attached hydrogens (tertiary/aromatic N) is 3. The Bertz CT molecular complexity index is 789. The lowest BCUT2D eigenvalue weighted by Crippen LogP contribution is -2.52. The van der Waals surface area contributed by atoms with Gasteiger partial charge < -0.3 is 10.2 Å². The molecule has 2 aliphatic heterocycles. The van der Waals surface area contributed by atoms with Crippen LogP contribution in [0, 0.1) is 5.92 Å². The molecular weight excluding hydrogens is 372 g/mol. The van der Waals surface area contributed by atoms with Crippen LogP contribution in [-0.4, -0.2) is 66.5 Å². The fourth-order valence-electron chi connectivity index (χ4n) is 4.76. The normalized spacial score (nSPS) is 21.9. The molecule has 4 rings (SSSR count). The van der Waals surface area contributed by atoms with Gasteiger partial charge in [0.25, 0.3) is 0 Å². The van der Waals surface area contributed by atoms with Crippen molar-refractivity contribution in [2.24, 2.45) is 5.92 Å². The zero-order valence-corrected chi connectivity index (χ0v) is 18.0. The number of piperidine rings is 1. The summed E-state index contributed by atoms with van der Waals surface area (Å²) in [5, 5.41) is 3.00. The van der Waals surface area contributed by atoms with E-state index >= 15 is 0 Å². The summed E-state index contributed by atoms with van der Waals surface area (Å²) in [4.78, 5) is 19.6. The maximum Gasteiger partial charge on any atom is 0.321 e. The molecule has 5 heteroatoms. The monoisotopic (exact) mass is 406 g/mol. The molecule has 2 saturated heterocycles. The molecule has 160 valence electrons. The van der Waals surface area contributed by atoms with E-state index in [0.29, 0.717) is 6.04 Å². The van der Waals surface area contributed by atoms with Gasteiger partial charge in [-0.05, 0) is 49.9 Å². The molecule has 0 spiro atoms. The van der Waals surface area contributed by atoms with E-state index in [2.05, 4.69) is 52.4 Å². The Hall–Kier alpha value is -2.37. The second-order valence-electron chi connectivity index (χ2n) is 8.67. The molecule has 2 aliphatic rings. The minimum absolute atomic E-state index is 0.0152. The Morgan fingerprint density at radius 1 is 0.967 bits per heavy atom. The van der Waals surface area contributed by atoms with E-state index in [1.54, 1.807) is 0 Å². The number of piperazine rings is 1. The Labute approximate surface area is 180 Å². The molecule has 2 aromatic carbocycles. The average molecular weight is 407 g/mol. The van der Waals surface area contributed by atoms with Crippen LogP contribution in [0.1, 0.15) is 31.4 Å². The minimum atomic E-state index is 0.0152. The van der Waals surface area contributed by atoms with Gasteiger partial charge in [-0.25, -0.2) is 4.79 Å². The van der Waals surface area contributed by atoms with Crippen LogP contribution in [0.15, 0.2) is 60.7 Å². The van der Waals surface area contributed by atoms with Crippen LogP contribution in [0.2, 0.25) is 0 Å². The molecular formula is C25H34N4O. The first kappa shape index (κ1) is 20.9. The highest BCUT2D eigenvalue weighted by Gasteiger charge is 2.28. The molecule has 2 heterocycles. The van der Waals surface area contributed by atoms with Gasteiger partial charge in [-0.3, -0.25) is 9.80 Å². The number of para-hydroxylation sites is 1. The lowest BCUT2D eigenvalue weighted by atomic mass is 9.94. The number of benzene rings is 2. The summed E-state index contributed by atoms with van der Waals surface area (Å²) < 4.78 is 0. The number of nitrogens with one attached hydrogen (secondary N) is 1. The Balaban J connectivity index is 1.23. The Morgan fingerprint density at radius 3 is 2.33 bits per heavy atom. The van der Waals surface area contributed by atoms with Crippen LogP contribution >= 0.6 is 0 Å². The smallest absolute Gasteiger partial charge is 0.321 e. The molecule has 0 bridgehead atoms. The quantitative estimate of drug-likeness (QED) is 0.804. The van der Waals surface area contributed by atoms with Crippen LogP contribution in [0.25, 0.3) is 0 Å². The molecule has 2 amide bonds. The highest BCUT2D eigenvalue weighted by molar-refractivity contribution is 5.89. The largest absolute Gasteiger partial charge is 0.322 e. The van der Waals surface area contributed by atoms with Gasteiger partial charge in [0.1, 0.15) is 0 Å². The van der Waals surface area contributed by atoms with E-state index in [9.17, 15) is 4.79 Å². The van der Waals surface area contributed by atoms with Crippen LogP contribution in [0.3, 0.4) is 0 Å². The first-order valence-electron chi connectivity index (χ1n) is 11.3. The summed E-state index contributed by atoms with van der Waals surface area (Å²) in [5.41, 5.74) is 2.27. The first-order valence-corrected chi connectivity index (χ1v) is 11.3. The lowest BCUT2D eigenvalue weighted by Gasteiger charge is -2.41. The van der Waals surface area contributed by atoms with E-state index in [1.807, 2.05) is 35.2 Å². The second kappa shape index (κ2) is 10.1. The topological polar surface area (TPSA) is 38.8 Å². The molecule has 0 radical (unpaired) electrons. The fourth-order valence-corrected chi connectivity index (χ4v) is 4.76. The molecule has 30 heavy (non-hydrogen) atoms. The minimum Gasteiger partial charge on any atom is -0.322 e. The summed E-state index contributed by atoms with van der Waals surface area (Å²) in [6.07, 6.45) is 2.59. The molecule has 2 aromatic rings. The van der Waals surface area contributed by atoms with Gasteiger partial charge in [0.05, 0.1) is 0 Å². The van der Waals surface area contributed by atoms with E-state index in [1.165, 1.54) is 31.5 Å².